The first-order chi connectivity index (χ1) is 10.4. The zero-order chi connectivity index (χ0) is 16.7. The van der Waals surface area contributed by atoms with E-state index in [2.05, 4.69) is 10.5 Å². The Labute approximate surface area is 124 Å². The van der Waals surface area contributed by atoms with Gasteiger partial charge in [-0.2, -0.15) is 5.10 Å². The van der Waals surface area contributed by atoms with E-state index < -0.39 is 27.2 Å². The van der Waals surface area contributed by atoms with Crippen molar-refractivity contribution in [3.8, 4) is 0 Å². The van der Waals surface area contributed by atoms with E-state index in [4.69, 9.17) is 5.11 Å². The number of unbranched alkanes of at least 4 members (excludes halogenated alkanes) is 1. The fraction of sp³-hybridized carbons (Fsp3) is 0.333. The quantitative estimate of drug-likeness (QED) is 0.425. The molecule has 0 aromatic heterocycles. The predicted octanol–water partition coefficient (Wildman–Crippen LogP) is 2.55. The molecule has 118 valence electrons. The Morgan fingerprint density at radius 3 is 2.50 bits per heavy atom. The lowest BCUT2D eigenvalue weighted by Crippen LogP contribution is -2.15. The van der Waals surface area contributed by atoms with Crippen molar-refractivity contribution in [2.75, 3.05) is 5.43 Å². The summed E-state index contributed by atoms with van der Waals surface area (Å²) < 4.78 is 0. The summed E-state index contributed by atoms with van der Waals surface area (Å²) in [5.74, 6) is -1.23. The van der Waals surface area contributed by atoms with Crippen molar-refractivity contribution in [2.24, 2.45) is 5.10 Å². The number of rotatable bonds is 8. The standard InChI is InChI=1S/C12H14N4O6/c1-2-3-4-10(12(17)18)14-13-9-6-5-8(15(19)20)7-11(9)16(21)22/h5-7,13H,2-4H2,1H3,(H,17,18)/b14-10+. The number of benzene rings is 1. The lowest BCUT2D eigenvalue weighted by molar-refractivity contribution is -0.393. The van der Waals surface area contributed by atoms with Crippen LogP contribution in [-0.4, -0.2) is 26.6 Å². The molecule has 0 aliphatic carbocycles. The molecule has 0 radical (unpaired) electrons. The largest absolute Gasteiger partial charge is 0.477 e. The summed E-state index contributed by atoms with van der Waals surface area (Å²) in [4.78, 5) is 31.0. The van der Waals surface area contributed by atoms with Crippen molar-refractivity contribution in [1.82, 2.24) is 0 Å². The minimum absolute atomic E-state index is 0.120. The summed E-state index contributed by atoms with van der Waals surface area (Å²) in [6.45, 7) is 1.88. The molecule has 10 nitrogen and oxygen atoms in total. The van der Waals surface area contributed by atoms with Gasteiger partial charge in [-0.25, -0.2) is 4.79 Å². The zero-order valence-corrected chi connectivity index (χ0v) is 11.7. The maximum Gasteiger partial charge on any atom is 0.352 e. The van der Waals surface area contributed by atoms with Crippen LogP contribution in [0.1, 0.15) is 26.2 Å². The highest BCUT2D eigenvalue weighted by Gasteiger charge is 2.19. The zero-order valence-electron chi connectivity index (χ0n) is 11.7. The molecular weight excluding hydrogens is 296 g/mol. The summed E-state index contributed by atoms with van der Waals surface area (Å²) in [6.07, 6.45) is 1.58. The van der Waals surface area contributed by atoms with Crippen molar-refractivity contribution in [2.45, 2.75) is 26.2 Å². The Bertz CT molecular complexity index is 628. The number of nitro groups is 2. The lowest BCUT2D eigenvalue weighted by Gasteiger charge is -2.04. The number of aliphatic carboxylic acids is 1. The first-order valence-corrected chi connectivity index (χ1v) is 6.35. The van der Waals surface area contributed by atoms with E-state index in [1.807, 2.05) is 6.92 Å². The minimum Gasteiger partial charge on any atom is -0.477 e. The van der Waals surface area contributed by atoms with E-state index in [-0.39, 0.29) is 17.8 Å². The van der Waals surface area contributed by atoms with E-state index in [1.54, 1.807) is 0 Å². The number of anilines is 1. The molecule has 0 aliphatic rings. The molecule has 0 unspecified atom stereocenters. The van der Waals surface area contributed by atoms with E-state index in [0.29, 0.717) is 6.42 Å². The topological polar surface area (TPSA) is 148 Å². The third kappa shape index (κ3) is 4.51. The Morgan fingerprint density at radius 2 is 2.00 bits per heavy atom. The summed E-state index contributed by atoms with van der Waals surface area (Å²) in [5, 5.41) is 34.2. The van der Waals surface area contributed by atoms with Crippen LogP contribution in [0.15, 0.2) is 23.3 Å². The number of nitrogens with one attached hydrogen (secondary N) is 1. The van der Waals surface area contributed by atoms with Crippen molar-refractivity contribution in [1.29, 1.82) is 0 Å². The van der Waals surface area contributed by atoms with Gasteiger partial charge in [0.15, 0.2) is 0 Å². The van der Waals surface area contributed by atoms with Gasteiger partial charge < -0.3 is 5.11 Å². The number of nitro benzene ring substituents is 2. The molecule has 0 heterocycles. The Morgan fingerprint density at radius 1 is 1.32 bits per heavy atom. The van der Waals surface area contributed by atoms with E-state index >= 15 is 0 Å². The van der Waals surface area contributed by atoms with Crippen molar-refractivity contribution in [3.63, 3.8) is 0 Å². The van der Waals surface area contributed by atoms with Gasteiger partial charge in [-0.1, -0.05) is 13.3 Å². The average molecular weight is 310 g/mol. The Hall–Kier alpha value is -3.04. The fourth-order valence-electron chi connectivity index (χ4n) is 1.56. The van der Waals surface area contributed by atoms with Gasteiger partial charge in [-0.15, -0.1) is 0 Å². The van der Waals surface area contributed by atoms with Gasteiger partial charge in [-0.3, -0.25) is 25.7 Å². The number of hydrazone groups is 1. The molecule has 1 aromatic carbocycles. The van der Waals surface area contributed by atoms with Crippen LogP contribution in [0.5, 0.6) is 0 Å². The first-order valence-electron chi connectivity index (χ1n) is 6.35. The number of carboxylic acid groups (broad SMARTS) is 1. The molecule has 0 amide bonds. The molecule has 22 heavy (non-hydrogen) atoms. The SMILES string of the molecule is CCCC/C(=N\Nc1ccc([N+](=O)[O-])cc1[N+](=O)[O-])C(=O)O. The first kappa shape index (κ1) is 17.0. The fourth-order valence-corrected chi connectivity index (χ4v) is 1.56. The highest BCUT2D eigenvalue weighted by atomic mass is 16.6. The van der Waals surface area contributed by atoms with Crippen LogP contribution in [0, 0.1) is 20.2 Å². The van der Waals surface area contributed by atoms with Crippen molar-refractivity contribution >= 4 is 28.7 Å². The molecule has 2 N–H and O–H groups in total. The van der Waals surface area contributed by atoms with Crippen LogP contribution in [-0.2, 0) is 4.79 Å². The predicted molar refractivity (Wildman–Crippen MR) is 78.0 cm³/mol. The Balaban J connectivity index is 3.08. The monoisotopic (exact) mass is 310 g/mol. The van der Waals surface area contributed by atoms with Gasteiger partial charge >= 0.3 is 11.7 Å². The van der Waals surface area contributed by atoms with Crippen molar-refractivity contribution < 1.29 is 19.7 Å². The van der Waals surface area contributed by atoms with Crippen LogP contribution in [0.3, 0.4) is 0 Å². The van der Waals surface area contributed by atoms with Crippen LogP contribution in [0.4, 0.5) is 17.1 Å². The number of nitrogens with zero attached hydrogens (tertiary/aromatic N) is 3. The smallest absolute Gasteiger partial charge is 0.352 e. The number of non-ortho nitro benzene ring substituents is 1. The number of hydrogen-bond acceptors (Lipinski definition) is 7. The molecule has 0 saturated heterocycles. The normalized spacial score (nSPS) is 11.0. The highest BCUT2D eigenvalue weighted by Crippen LogP contribution is 2.28. The molecule has 0 aliphatic heterocycles. The summed E-state index contributed by atoms with van der Waals surface area (Å²) in [5.41, 5.74) is 1.01. The molecule has 1 rings (SSSR count). The molecule has 0 saturated carbocycles. The number of carboxylic acids is 1. The third-order valence-corrected chi connectivity index (χ3v) is 2.71. The molecular formula is C12H14N4O6. The lowest BCUT2D eigenvalue weighted by atomic mass is 10.2. The van der Waals surface area contributed by atoms with Gasteiger partial charge in [0.2, 0.25) is 0 Å². The minimum atomic E-state index is -1.23. The van der Waals surface area contributed by atoms with Crippen LogP contribution < -0.4 is 5.43 Å². The summed E-state index contributed by atoms with van der Waals surface area (Å²) in [7, 11) is 0. The summed E-state index contributed by atoms with van der Waals surface area (Å²) in [6, 6.07) is 2.96. The number of carbonyl (C=O) groups is 1. The molecule has 0 atom stereocenters. The maximum atomic E-state index is 11.0. The van der Waals surface area contributed by atoms with E-state index in [0.717, 1.165) is 24.6 Å². The molecule has 0 bridgehead atoms. The highest BCUT2D eigenvalue weighted by molar-refractivity contribution is 6.35. The van der Waals surface area contributed by atoms with Gasteiger partial charge in [-0.05, 0) is 18.9 Å². The van der Waals surface area contributed by atoms with Gasteiger partial charge in [0, 0.05) is 6.07 Å². The maximum absolute atomic E-state index is 11.0. The summed E-state index contributed by atoms with van der Waals surface area (Å²) >= 11 is 0. The molecule has 1 aromatic rings. The van der Waals surface area contributed by atoms with Crippen molar-refractivity contribution in [3.05, 3.63) is 38.4 Å². The van der Waals surface area contributed by atoms with Crippen LogP contribution in [0.25, 0.3) is 0 Å². The average Bonchev–Trinajstić information content (AvgIpc) is 2.46. The van der Waals surface area contributed by atoms with Gasteiger partial charge in [0.05, 0.1) is 15.9 Å². The molecule has 0 spiro atoms. The second-order valence-electron chi connectivity index (χ2n) is 4.29. The second-order valence-corrected chi connectivity index (χ2v) is 4.29. The van der Waals surface area contributed by atoms with Crippen LogP contribution >= 0.6 is 0 Å². The van der Waals surface area contributed by atoms with Crippen LogP contribution in [0.2, 0.25) is 0 Å². The van der Waals surface area contributed by atoms with E-state index in [1.165, 1.54) is 0 Å². The van der Waals surface area contributed by atoms with Gasteiger partial charge in [0.1, 0.15) is 11.4 Å². The molecule has 10 heteroatoms. The third-order valence-electron chi connectivity index (χ3n) is 2.71. The number of hydrogen-bond donors (Lipinski definition) is 2. The van der Waals surface area contributed by atoms with Gasteiger partial charge in [0.25, 0.3) is 5.69 Å². The van der Waals surface area contributed by atoms with E-state index in [9.17, 15) is 25.0 Å². The molecule has 0 fully saturated rings. The second kappa shape index (κ2) is 7.67. The Kier molecular flexibility index (Phi) is 5.93.